The molecule has 0 aliphatic carbocycles. The molecule has 66 valence electrons. The number of aliphatic hydroxyl groups excluding tert-OH is 1. The molecule has 0 aromatic heterocycles. The van der Waals surface area contributed by atoms with Crippen molar-refractivity contribution in [2.75, 3.05) is 0 Å². The van der Waals surface area contributed by atoms with Crippen molar-refractivity contribution in [3.05, 3.63) is 0 Å². The van der Waals surface area contributed by atoms with Gasteiger partial charge in [-0.25, -0.2) is 0 Å². The Kier molecular flexibility index (Phi) is 3.77. The van der Waals surface area contributed by atoms with Gasteiger partial charge < -0.3 is 14.9 Å². The summed E-state index contributed by atoms with van der Waals surface area (Å²) >= 11 is 0. The zero-order valence-electron chi connectivity index (χ0n) is 5.65. The van der Waals surface area contributed by atoms with Gasteiger partial charge in [0.2, 0.25) is 0 Å². The first-order chi connectivity index (χ1) is 4.76. The van der Waals surface area contributed by atoms with E-state index in [-0.39, 0.29) is 0 Å². The van der Waals surface area contributed by atoms with Gasteiger partial charge in [0.15, 0.2) is 0 Å². The molecule has 0 radical (unpaired) electrons. The Morgan fingerprint density at radius 2 is 1.82 bits per heavy atom. The molecule has 0 aromatic rings. The predicted octanol–water partition coefficient (Wildman–Crippen LogP) is -0.394. The summed E-state index contributed by atoms with van der Waals surface area (Å²) in [5.74, 6) is 0. The van der Waals surface area contributed by atoms with E-state index in [1.54, 1.807) is 0 Å². The second kappa shape index (κ2) is 3.72. The second-order valence-electron chi connectivity index (χ2n) is 2.05. The summed E-state index contributed by atoms with van der Waals surface area (Å²) in [5, 5.41) is 6.80. The maximum Gasteiger partial charge on any atom is 0.524 e. The fraction of sp³-hybridized carbons (Fsp3) is 1.00. The van der Waals surface area contributed by atoms with Gasteiger partial charge in [0, 0.05) is 0 Å². The Hall–Kier alpha value is 0.170. The monoisotopic (exact) mass is 203 g/mol. The molecular formula is C3H9O6P2+. The van der Waals surface area contributed by atoms with Gasteiger partial charge in [0.05, 0.1) is 0 Å². The largest absolute Gasteiger partial charge is 0.524 e. The first-order valence-corrected chi connectivity index (χ1v) is 5.61. The lowest BCUT2D eigenvalue weighted by atomic mass is 10.5. The van der Waals surface area contributed by atoms with E-state index in [0.717, 1.165) is 6.92 Å². The molecule has 0 aliphatic rings. The number of rotatable bonds is 3. The van der Waals surface area contributed by atoms with Crippen molar-refractivity contribution in [1.82, 2.24) is 0 Å². The first-order valence-electron chi connectivity index (χ1n) is 2.65. The van der Waals surface area contributed by atoms with Crippen molar-refractivity contribution in [1.29, 1.82) is 0 Å². The molecule has 0 heterocycles. The molecule has 11 heavy (non-hydrogen) atoms. The van der Waals surface area contributed by atoms with Crippen LogP contribution < -0.4 is 0 Å². The third-order valence-corrected chi connectivity index (χ3v) is 4.50. The van der Waals surface area contributed by atoms with Gasteiger partial charge in [-0.1, -0.05) is 0 Å². The van der Waals surface area contributed by atoms with Crippen LogP contribution in [-0.4, -0.2) is 31.3 Å². The van der Waals surface area contributed by atoms with Crippen LogP contribution >= 0.6 is 15.6 Å². The summed E-state index contributed by atoms with van der Waals surface area (Å²) in [6, 6.07) is 0. The van der Waals surface area contributed by atoms with E-state index in [0.29, 0.717) is 0 Å². The van der Waals surface area contributed by atoms with Gasteiger partial charge in [-0.2, -0.15) is 4.89 Å². The van der Waals surface area contributed by atoms with E-state index in [1.807, 2.05) is 0 Å². The summed E-state index contributed by atoms with van der Waals surface area (Å²) in [4.78, 5) is 25.2. The van der Waals surface area contributed by atoms with E-state index in [2.05, 4.69) is 0 Å². The van der Waals surface area contributed by atoms with Crippen molar-refractivity contribution in [3.8, 4) is 0 Å². The van der Waals surface area contributed by atoms with Crippen LogP contribution in [0.1, 0.15) is 6.92 Å². The van der Waals surface area contributed by atoms with Crippen LogP contribution in [0.2, 0.25) is 0 Å². The Labute approximate surface area is 63.9 Å². The lowest BCUT2D eigenvalue weighted by molar-refractivity contribution is 0.193. The summed E-state index contributed by atoms with van der Waals surface area (Å²) in [5.41, 5.74) is 0. The minimum atomic E-state index is -4.67. The first kappa shape index (κ1) is 11.2. The van der Waals surface area contributed by atoms with Crippen molar-refractivity contribution >= 4 is 15.6 Å². The van der Waals surface area contributed by atoms with Crippen LogP contribution in [-0.2, 0) is 9.13 Å². The van der Waals surface area contributed by atoms with Gasteiger partial charge in [-0.3, -0.25) is 4.57 Å². The Bertz CT molecular complexity index is 194. The maximum atomic E-state index is 10.4. The van der Waals surface area contributed by atoms with Crippen LogP contribution in [0.5, 0.6) is 0 Å². The molecule has 8 heteroatoms. The van der Waals surface area contributed by atoms with Crippen LogP contribution in [0.3, 0.4) is 0 Å². The normalized spacial score (nSPS) is 19.2. The molecule has 0 spiro atoms. The van der Waals surface area contributed by atoms with E-state index in [9.17, 15) is 9.13 Å². The maximum absolute atomic E-state index is 10.4. The number of hydrogen-bond donors (Lipinski definition) is 4. The highest BCUT2D eigenvalue weighted by Crippen LogP contribution is 2.53. The molecule has 3 atom stereocenters. The highest BCUT2D eigenvalue weighted by Gasteiger charge is 2.49. The van der Waals surface area contributed by atoms with E-state index < -0.39 is 27.1 Å². The molecule has 4 N–H and O–H groups in total. The van der Waals surface area contributed by atoms with Crippen LogP contribution in [0.15, 0.2) is 0 Å². The van der Waals surface area contributed by atoms with Crippen LogP contribution in [0.25, 0.3) is 0 Å². The molecule has 0 saturated carbocycles. The Morgan fingerprint density at radius 1 is 1.45 bits per heavy atom. The Balaban J connectivity index is 4.63. The molecular weight excluding hydrogens is 194 g/mol. The predicted molar refractivity (Wildman–Crippen MR) is 37.3 cm³/mol. The van der Waals surface area contributed by atoms with Crippen molar-refractivity contribution in [3.63, 3.8) is 0 Å². The standard InChI is InChI=1S/C3H8O6P2/c1-2(4)3(10(5)6)11(7,8)9/h2-4H,1H3,(H2-,5,6,7,8,9)/p+1. The van der Waals surface area contributed by atoms with Crippen LogP contribution in [0.4, 0.5) is 0 Å². The molecule has 0 fully saturated rings. The number of aliphatic hydroxyl groups is 1. The van der Waals surface area contributed by atoms with Crippen LogP contribution in [0, 0.1) is 0 Å². The summed E-state index contributed by atoms with van der Waals surface area (Å²) < 4.78 is 20.7. The summed E-state index contributed by atoms with van der Waals surface area (Å²) in [6.45, 7) is 1.05. The molecule has 0 rings (SSSR count). The van der Waals surface area contributed by atoms with E-state index >= 15 is 0 Å². The quantitative estimate of drug-likeness (QED) is 0.464. The molecule has 3 unspecified atom stereocenters. The lowest BCUT2D eigenvalue weighted by Gasteiger charge is -2.08. The summed E-state index contributed by atoms with van der Waals surface area (Å²) in [7, 11) is -7.73. The minimum absolute atomic E-state index is 1.05. The van der Waals surface area contributed by atoms with E-state index in [4.69, 9.17) is 19.8 Å². The fourth-order valence-corrected chi connectivity index (χ4v) is 2.55. The molecule has 6 nitrogen and oxygen atoms in total. The molecule has 0 amide bonds. The highest BCUT2D eigenvalue weighted by molar-refractivity contribution is 7.65. The SMILES string of the molecule is CC(O)C([P+](=O)O)P(=O)(O)O. The second-order valence-corrected chi connectivity index (χ2v) is 5.35. The van der Waals surface area contributed by atoms with Gasteiger partial charge in [0.1, 0.15) is 6.10 Å². The molecule has 0 aromatic carbocycles. The zero-order valence-corrected chi connectivity index (χ0v) is 7.44. The van der Waals surface area contributed by atoms with Crippen molar-refractivity contribution in [2.45, 2.75) is 18.4 Å². The molecule has 0 aliphatic heterocycles. The van der Waals surface area contributed by atoms with Gasteiger partial charge >= 0.3 is 21.0 Å². The average Bonchev–Trinajstić information content (AvgIpc) is 1.54. The molecule has 0 bridgehead atoms. The number of hydrogen-bond acceptors (Lipinski definition) is 3. The third kappa shape index (κ3) is 3.38. The fourth-order valence-electron chi connectivity index (χ4n) is 0.594. The van der Waals surface area contributed by atoms with Gasteiger partial charge in [-0.05, 0) is 11.5 Å². The van der Waals surface area contributed by atoms with Crippen molar-refractivity contribution in [2.24, 2.45) is 0 Å². The third-order valence-electron chi connectivity index (χ3n) is 1.00. The minimum Gasteiger partial charge on any atom is -0.388 e. The van der Waals surface area contributed by atoms with E-state index in [1.165, 1.54) is 0 Å². The smallest absolute Gasteiger partial charge is 0.388 e. The Morgan fingerprint density at radius 3 is 1.82 bits per heavy atom. The van der Waals surface area contributed by atoms with Crippen molar-refractivity contribution < 1.29 is 28.9 Å². The average molecular weight is 203 g/mol. The van der Waals surface area contributed by atoms with Gasteiger partial charge in [-0.15, -0.1) is 0 Å². The highest BCUT2D eigenvalue weighted by atomic mass is 31.2. The summed E-state index contributed by atoms with van der Waals surface area (Å²) in [6.07, 6.45) is -1.50. The van der Waals surface area contributed by atoms with Gasteiger partial charge in [0.25, 0.3) is 0 Å². The topological polar surface area (TPSA) is 115 Å². The zero-order chi connectivity index (χ0) is 9.23. The lowest BCUT2D eigenvalue weighted by Crippen LogP contribution is -2.19. The molecule has 0 saturated heterocycles.